The van der Waals surface area contributed by atoms with E-state index in [-0.39, 0.29) is 23.5 Å². The molecule has 1 aliphatic rings. The van der Waals surface area contributed by atoms with Gasteiger partial charge in [-0.05, 0) is 31.5 Å². The van der Waals surface area contributed by atoms with Gasteiger partial charge in [0.25, 0.3) is 0 Å². The van der Waals surface area contributed by atoms with Crippen molar-refractivity contribution in [3.8, 4) is 0 Å². The van der Waals surface area contributed by atoms with Gasteiger partial charge in [0.15, 0.2) is 11.6 Å². The summed E-state index contributed by atoms with van der Waals surface area (Å²) >= 11 is 0. The van der Waals surface area contributed by atoms with Crippen LogP contribution in [0.5, 0.6) is 0 Å². The number of Topliss-reactive ketones (excluding diaryl/α,β-unsaturated/α-hetero) is 2. The van der Waals surface area contributed by atoms with Crippen LogP contribution in [0.15, 0.2) is 91.0 Å². The smallest absolute Gasteiger partial charge is 0.180 e. The Morgan fingerprint density at radius 2 is 1.20 bits per heavy atom. The number of hydrogen-bond acceptors (Lipinski definition) is 3. The maximum absolute atomic E-state index is 13.7. The first-order chi connectivity index (χ1) is 14.7. The lowest BCUT2D eigenvalue weighted by atomic mass is 9.81. The van der Waals surface area contributed by atoms with Crippen molar-refractivity contribution in [3.05, 3.63) is 108 Å². The summed E-state index contributed by atoms with van der Waals surface area (Å²) in [6, 6.07) is 28.6. The van der Waals surface area contributed by atoms with Crippen LogP contribution in [-0.4, -0.2) is 35.6 Å². The molecule has 0 aromatic heterocycles. The molecule has 1 aliphatic heterocycles. The van der Waals surface area contributed by atoms with Crippen LogP contribution >= 0.6 is 0 Å². The lowest BCUT2D eigenvalue weighted by Gasteiger charge is -2.33. The summed E-state index contributed by atoms with van der Waals surface area (Å²) in [5.74, 6) is -0.00793. The molecule has 1 fully saturated rings. The molecule has 0 spiro atoms. The van der Waals surface area contributed by atoms with Crippen molar-refractivity contribution in [2.24, 2.45) is 0 Å². The van der Waals surface area contributed by atoms with E-state index in [4.69, 9.17) is 0 Å². The van der Waals surface area contributed by atoms with E-state index in [0.29, 0.717) is 17.5 Å². The highest BCUT2D eigenvalue weighted by atomic mass is 16.1. The second-order valence-corrected chi connectivity index (χ2v) is 7.93. The fraction of sp³-hybridized carbons (Fsp3) is 0.259. The Bertz CT molecular complexity index is 964. The summed E-state index contributed by atoms with van der Waals surface area (Å²) in [7, 11) is 0. The third-order valence-electron chi connectivity index (χ3n) is 5.97. The van der Waals surface area contributed by atoms with E-state index in [1.54, 1.807) is 0 Å². The van der Waals surface area contributed by atoms with Crippen LogP contribution in [0, 0.1) is 0 Å². The van der Waals surface area contributed by atoms with Gasteiger partial charge in [0.05, 0.1) is 6.04 Å². The molecule has 30 heavy (non-hydrogen) atoms. The van der Waals surface area contributed by atoms with Crippen molar-refractivity contribution >= 4 is 11.6 Å². The Labute approximate surface area is 178 Å². The molecule has 0 saturated carbocycles. The maximum atomic E-state index is 13.7. The van der Waals surface area contributed by atoms with Crippen molar-refractivity contribution in [1.29, 1.82) is 0 Å². The molecule has 0 N–H and O–H groups in total. The zero-order valence-corrected chi connectivity index (χ0v) is 17.1. The van der Waals surface area contributed by atoms with Gasteiger partial charge in [0.2, 0.25) is 0 Å². The summed E-state index contributed by atoms with van der Waals surface area (Å²) in [4.78, 5) is 29.2. The molecule has 3 aromatic carbocycles. The number of nitrogens with zero attached hydrogens (tertiary/aromatic N) is 1. The summed E-state index contributed by atoms with van der Waals surface area (Å²) < 4.78 is 0. The Kier molecular flexibility index (Phi) is 6.50. The molecule has 2 unspecified atom stereocenters. The number of benzene rings is 3. The van der Waals surface area contributed by atoms with E-state index in [1.807, 2.05) is 91.0 Å². The molecular weight excluding hydrogens is 370 g/mol. The monoisotopic (exact) mass is 397 g/mol. The van der Waals surface area contributed by atoms with E-state index in [9.17, 15) is 9.59 Å². The van der Waals surface area contributed by atoms with Gasteiger partial charge in [-0.15, -0.1) is 0 Å². The quantitative estimate of drug-likeness (QED) is 0.478. The number of rotatable bonds is 8. The highest BCUT2D eigenvalue weighted by Crippen LogP contribution is 2.33. The van der Waals surface area contributed by atoms with E-state index >= 15 is 0 Å². The van der Waals surface area contributed by atoms with Crippen molar-refractivity contribution in [3.63, 3.8) is 0 Å². The molecule has 0 amide bonds. The van der Waals surface area contributed by atoms with E-state index in [0.717, 1.165) is 31.5 Å². The fourth-order valence-electron chi connectivity index (χ4n) is 4.45. The number of carbonyl (C=O) groups excluding carboxylic acids is 2. The van der Waals surface area contributed by atoms with Gasteiger partial charge in [-0.2, -0.15) is 0 Å². The third-order valence-corrected chi connectivity index (χ3v) is 5.97. The second kappa shape index (κ2) is 9.64. The number of ketones is 2. The van der Waals surface area contributed by atoms with E-state index in [2.05, 4.69) is 4.90 Å². The summed E-state index contributed by atoms with van der Waals surface area (Å²) in [6.45, 7) is 1.79. The largest absolute Gasteiger partial charge is 0.294 e. The highest BCUT2D eigenvalue weighted by molar-refractivity contribution is 6.02. The molecule has 1 heterocycles. The number of carbonyl (C=O) groups is 2. The zero-order chi connectivity index (χ0) is 20.8. The molecular formula is C27H27NO2. The summed E-state index contributed by atoms with van der Waals surface area (Å²) in [6.07, 6.45) is 2.49. The van der Waals surface area contributed by atoms with Gasteiger partial charge >= 0.3 is 0 Å². The first kappa shape index (κ1) is 20.2. The predicted molar refractivity (Wildman–Crippen MR) is 120 cm³/mol. The molecule has 3 heteroatoms. The normalized spacial score (nSPS) is 16.1. The average Bonchev–Trinajstić information content (AvgIpc) is 3.34. The molecule has 0 bridgehead atoms. The second-order valence-electron chi connectivity index (χ2n) is 7.93. The van der Waals surface area contributed by atoms with Gasteiger partial charge in [-0.25, -0.2) is 0 Å². The maximum Gasteiger partial charge on any atom is 0.180 e. The minimum Gasteiger partial charge on any atom is -0.294 e. The van der Waals surface area contributed by atoms with E-state index < -0.39 is 0 Å². The van der Waals surface area contributed by atoms with Crippen LogP contribution in [0.25, 0.3) is 0 Å². The van der Waals surface area contributed by atoms with Gasteiger partial charge in [0, 0.05) is 23.5 Å². The number of hydrogen-bond donors (Lipinski definition) is 0. The average molecular weight is 398 g/mol. The molecule has 4 rings (SSSR count). The Morgan fingerprint density at radius 1 is 0.700 bits per heavy atom. The van der Waals surface area contributed by atoms with Gasteiger partial charge in [-0.1, -0.05) is 91.0 Å². The van der Waals surface area contributed by atoms with Crippen LogP contribution in [0.2, 0.25) is 0 Å². The Balaban J connectivity index is 1.73. The van der Waals surface area contributed by atoms with Crippen molar-refractivity contribution in [2.75, 3.05) is 13.1 Å². The minimum atomic E-state index is -0.343. The molecule has 0 aliphatic carbocycles. The van der Waals surface area contributed by atoms with Gasteiger partial charge < -0.3 is 0 Å². The molecule has 0 radical (unpaired) electrons. The SMILES string of the molecule is O=C(CC(c1ccccc1)C(C(=O)c1ccccc1)N1CCCC1)c1ccccc1. The predicted octanol–water partition coefficient (Wildman–Crippen LogP) is 5.39. The molecule has 1 saturated heterocycles. The summed E-state index contributed by atoms with van der Waals surface area (Å²) in [5, 5.41) is 0. The standard InChI is InChI=1S/C27H27NO2/c29-25(22-14-6-2-7-15-22)20-24(21-12-4-1-5-13-21)26(28-18-10-11-19-28)27(30)23-16-8-3-9-17-23/h1-9,12-17,24,26H,10-11,18-20H2. The lowest BCUT2D eigenvalue weighted by molar-refractivity contribution is 0.0791. The van der Waals surface area contributed by atoms with Crippen LogP contribution in [0.1, 0.15) is 51.5 Å². The third kappa shape index (κ3) is 4.58. The Hall–Kier alpha value is -3.04. The molecule has 3 nitrogen and oxygen atoms in total. The molecule has 152 valence electrons. The lowest BCUT2D eigenvalue weighted by Crippen LogP contribution is -2.44. The van der Waals surface area contributed by atoms with Crippen LogP contribution in [-0.2, 0) is 0 Å². The Morgan fingerprint density at radius 3 is 1.77 bits per heavy atom. The van der Waals surface area contributed by atoms with Crippen molar-refractivity contribution in [1.82, 2.24) is 4.90 Å². The minimum absolute atomic E-state index is 0.0783. The van der Waals surface area contributed by atoms with Crippen molar-refractivity contribution < 1.29 is 9.59 Å². The topological polar surface area (TPSA) is 37.4 Å². The summed E-state index contributed by atoms with van der Waals surface area (Å²) in [5.41, 5.74) is 2.45. The van der Waals surface area contributed by atoms with Gasteiger partial charge in [-0.3, -0.25) is 14.5 Å². The van der Waals surface area contributed by atoms with Crippen molar-refractivity contribution in [2.45, 2.75) is 31.2 Å². The zero-order valence-electron chi connectivity index (χ0n) is 17.1. The van der Waals surface area contributed by atoms with Crippen LogP contribution in [0.3, 0.4) is 0 Å². The first-order valence-electron chi connectivity index (χ1n) is 10.7. The molecule has 3 aromatic rings. The van der Waals surface area contributed by atoms with E-state index in [1.165, 1.54) is 0 Å². The first-order valence-corrected chi connectivity index (χ1v) is 10.7. The van der Waals surface area contributed by atoms with Crippen LogP contribution in [0.4, 0.5) is 0 Å². The molecule has 2 atom stereocenters. The fourth-order valence-corrected chi connectivity index (χ4v) is 4.45. The van der Waals surface area contributed by atoms with Gasteiger partial charge in [0.1, 0.15) is 0 Å². The number of likely N-dealkylation sites (tertiary alicyclic amines) is 1. The highest BCUT2D eigenvalue weighted by Gasteiger charge is 2.37. The van der Waals surface area contributed by atoms with Crippen LogP contribution < -0.4 is 0 Å².